The first-order valence-electron chi connectivity index (χ1n) is 43.6. The van der Waals surface area contributed by atoms with Crippen LogP contribution in [0.4, 0.5) is 0 Å². The van der Waals surface area contributed by atoms with Crippen LogP contribution in [-0.2, 0) is 35.3 Å². The first-order valence-corrected chi connectivity index (χ1v) is 50.2. The highest BCUT2D eigenvalue weighted by Crippen LogP contribution is 2.54. The lowest BCUT2D eigenvalue weighted by Gasteiger charge is -2.29. The van der Waals surface area contributed by atoms with E-state index in [1.807, 2.05) is 74.2 Å². The molecular weight excluding hydrogens is 1470 g/mol. The zero-order chi connectivity index (χ0) is 76.0. The lowest BCUT2D eigenvalue weighted by Crippen LogP contribution is -2.34. The summed E-state index contributed by atoms with van der Waals surface area (Å²) in [5, 5.41) is 1.95. The summed E-state index contributed by atoms with van der Waals surface area (Å²) in [6.07, 6.45) is 57.2. The maximum atomic E-state index is 16.6. The molecule has 0 N–H and O–H groups in total. The van der Waals surface area contributed by atoms with Crippen LogP contribution in [0.2, 0.25) is 0 Å². The minimum absolute atomic E-state index is 0.00630. The van der Waals surface area contributed by atoms with Gasteiger partial charge in [-0.05, 0) is 174 Å². The SMILES string of the molecule is CCCCCCCCC(CCCCCC)CN1C(=O)C2=C(c3cnc(-c4cc(CCCCCC)c(-c5ccc(-c6cc(CCCCCC)c(-c7sc(-c8ccc(C)s8)cc7CCCCCC)s6)s5)s4)s3)N(CC(CCCCCC)CCCCCCCC)C(=O)C2=C1c1cnc(-c2cc(CCCCCC)c(C)s2)s1. The molecule has 0 spiro atoms. The monoisotopic (exact) mass is 1610 g/mol. The minimum Gasteiger partial charge on any atom is -0.306 e. The highest BCUT2D eigenvalue weighted by molar-refractivity contribution is 7.31. The molecular formula is C94H134N4O2S8. The quantitative estimate of drug-likeness (QED) is 0.0356. The van der Waals surface area contributed by atoms with Gasteiger partial charge in [-0.3, -0.25) is 9.59 Å². The normalized spacial score (nSPS) is 13.9. The molecule has 108 heavy (non-hydrogen) atoms. The fraction of sp³-hybridized carbons (Fsp3) is 0.617. The predicted molar refractivity (Wildman–Crippen MR) is 483 cm³/mol. The van der Waals surface area contributed by atoms with E-state index in [9.17, 15) is 0 Å². The van der Waals surface area contributed by atoms with Crippen molar-refractivity contribution >= 4 is 114 Å². The molecule has 8 aromatic heterocycles. The second kappa shape index (κ2) is 46.3. The van der Waals surface area contributed by atoms with Crippen molar-refractivity contribution in [2.75, 3.05) is 13.1 Å². The number of hydrogen-bond donors (Lipinski definition) is 0. The van der Waals surface area contributed by atoms with Gasteiger partial charge in [0.1, 0.15) is 10.0 Å². The number of rotatable bonds is 56. The van der Waals surface area contributed by atoms with E-state index in [1.165, 1.54) is 293 Å². The van der Waals surface area contributed by atoms with E-state index in [1.54, 1.807) is 22.7 Å². The maximum Gasteiger partial charge on any atom is 0.261 e. The molecule has 6 nitrogen and oxygen atoms in total. The van der Waals surface area contributed by atoms with Gasteiger partial charge in [-0.15, -0.1) is 90.7 Å². The van der Waals surface area contributed by atoms with Gasteiger partial charge in [0.2, 0.25) is 0 Å². The molecule has 8 aromatic rings. The van der Waals surface area contributed by atoms with E-state index >= 15 is 9.59 Å². The summed E-state index contributed by atoms with van der Waals surface area (Å²) in [5.74, 6) is 0.631. The third-order valence-corrected chi connectivity index (χ3v) is 32.5. The fourth-order valence-corrected chi connectivity index (χ4v) is 25.5. The van der Waals surface area contributed by atoms with Gasteiger partial charge in [0, 0.05) is 74.3 Å². The number of thiazole rings is 2. The highest BCUT2D eigenvalue weighted by Gasteiger charge is 2.50. The van der Waals surface area contributed by atoms with E-state index in [4.69, 9.17) is 9.97 Å². The average Bonchev–Trinajstić information content (AvgIpc) is 1.55. The zero-order valence-corrected chi connectivity index (χ0v) is 74.9. The van der Waals surface area contributed by atoms with Crippen molar-refractivity contribution in [1.29, 1.82) is 0 Å². The Morgan fingerprint density at radius 2 is 0.630 bits per heavy atom. The van der Waals surface area contributed by atoms with Gasteiger partial charge in [-0.25, -0.2) is 9.97 Å². The van der Waals surface area contributed by atoms with Crippen molar-refractivity contribution in [3.05, 3.63) is 114 Å². The molecule has 2 aliphatic heterocycles. The Kier molecular flexibility index (Phi) is 37.0. The van der Waals surface area contributed by atoms with Crippen LogP contribution in [0, 0.1) is 25.7 Å². The Morgan fingerprint density at radius 1 is 0.306 bits per heavy atom. The third-order valence-electron chi connectivity index (χ3n) is 22.7. The smallest absolute Gasteiger partial charge is 0.261 e. The van der Waals surface area contributed by atoms with Gasteiger partial charge in [0.05, 0.1) is 42.0 Å². The highest BCUT2D eigenvalue weighted by atomic mass is 32.1. The number of fused-ring (bicyclic) bond motifs is 1. The van der Waals surface area contributed by atoms with E-state index in [0.29, 0.717) is 36.1 Å². The van der Waals surface area contributed by atoms with Crippen LogP contribution in [0.25, 0.3) is 70.2 Å². The minimum atomic E-state index is -0.00630. The van der Waals surface area contributed by atoms with Gasteiger partial charge in [-0.1, -0.05) is 261 Å². The number of aromatic nitrogens is 2. The Bertz CT molecular complexity index is 4050. The summed E-state index contributed by atoms with van der Waals surface area (Å²) in [4.78, 5) is 66.3. The second-order valence-electron chi connectivity index (χ2n) is 31.8. The van der Waals surface area contributed by atoms with Crippen LogP contribution in [0.15, 0.2) is 72.1 Å². The van der Waals surface area contributed by atoms with Crippen LogP contribution in [0.1, 0.15) is 354 Å². The Morgan fingerprint density at radius 3 is 1.05 bits per heavy atom. The summed E-state index contributed by atoms with van der Waals surface area (Å²) in [7, 11) is 0. The summed E-state index contributed by atoms with van der Waals surface area (Å²) in [5.41, 5.74) is 8.72. The number of aryl methyl sites for hydroxylation is 6. The summed E-state index contributed by atoms with van der Waals surface area (Å²) in [6.45, 7) is 24.2. The van der Waals surface area contributed by atoms with Gasteiger partial charge in [0.25, 0.3) is 11.8 Å². The third kappa shape index (κ3) is 24.0. The number of unbranched alkanes of at least 4 members (excludes halogenated alkanes) is 28. The van der Waals surface area contributed by atoms with Crippen LogP contribution < -0.4 is 0 Å². The van der Waals surface area contributed by atoms with Crippen LogP contribution in [0.5, 0.6) is 0 Å². The molecule has 0 saturated carbocycles. The van der Waals surface area contributed by atoms with Crippen molar-refractivity contribution in [2.45, 2.75) is 352 Å². The fourth-order valence-electron chi connectivity index (χ4n) is 16.4. The molecule has 0 fully saturated rings. The van der Waals surface area contributed by atoms with Crippen LogP contribution in [-0.4, -0.2) is 44.7 Å². The molecule has 14 heteroatoms. The largest absolute Gasteiger partial charge is 0.306 e. The zero-order valence-electron chi connectivity index (χ0n) is 68.3. The summed E-state index contributed by atoms with van der Waals surface area (Å²) < 4.78 is 0. The van der Waals surface area contributed by atoms with E-state index in [0.717, 1.165) is 102 Å². The standard InChI is InChI=1S/C94H134N4O2S8/c1-11-19-27-35-37-41-49-69(47-39-29-21-13-3)65-97-86(82-63-95-91(107-82)80-59-71(68(10)102-80)51-43-31-23-15-5)84-85(94(97)100)87(98(93(84)99)66-70(48-40-30-22-14-4)50-42-38-36-28-20-12-2)83-64-96-92(108-83)81-62-72(52-44-32-24-16-6)88(106-81)77-58-57-76(103-77)79-61-74(54-46-34-26-18-8)90(105-79)89-73(53-45-33-25-17-7)60-78(104-89)75-56-55-67(9)101-75/h55-64,69-70H,11-54,65-66H2,1-10H3. The number of nitrogens with zero attached hydrogens (tertiary/aromatic N) is 4. The van der Waals surface area contributed by atoms with Crippen LogP contribution >= 0.6 is 90.7 Å². The van der Waals surface area contributed by atoms with Gasteiger partial charge in [-0.2, -0.15) is 0 Å². The number of amides is 2. The number of thiophene rings is 6. The Balaban J connectivity index is 1.06. The molecule has 10 rings (SSSR count). The molecule has 2 atom stereocenters. The van der Waals surface area contributed by atoms with Gasteiger partial charge in [0.15, 0.2) is 0 Å². The second-order valence-corrected chi connectivity index (χ2v) is 40.6. The molecule has 0 bridgehead atoms. The lowest BCUT2D eigenvalue weighted by molar-refractivity contribution is -0.124. The average molecular weight is 1610 g/mol. The Hall–Kier alpha value is -4.12. The molecule has 590 valence electrons. The predicted octanol–water partition coefficient (Wildman–Crippen LogP) is 32.6. The molecule has 0 saturated heterocycles. The van der Waals surface area contributed by atoms with Gasteiger partial charge >= 0.3 is 0 Å². The van der Waals surface area contributed by atoms with E-state index in [2.05, 4.69) is 134 Å². The Labute approximate surface area is 686 Å². The number of hydrogen-bond acceptors (Lipinski definition) is 12. The first kappa shape index (κ1) is 86.3. The van der Waals surface area contributed by atoms with Crippen LogP contribution in [0.3, 0.4) is 0 Å². The molecule has 0 radical (unpaired) electrons. The first-order chi connectivity index (χ1) is 52.9. The molecule has 0 aromatic carbocycles. The molecule has 2 unspecified atom stereocenters. The lowest BCUT2D eigenvalue weighted by atomic mass is 9.93. The molecule has 2 aliphatic rings. The van der Waals surface area contributed by atoms with Gasteiger partial charge < -0.3 is 9.80 Å². The molecule has 2 amide bonds. The molecule has 10 heterocycles. The number of carbonyl (C=O) groups excluding carboxylic acids is 2. The van der Waals surface area contributed by atoms with Crippen molar-refractivity contribution in [1.82, 2.24) is 19.8 Å². The van der Waals surface area contributed by atoms with E-state index in [-0.39, 0.29) is 11.8 Å². The van der Waals surface area contributed by atoms with Crippen molar-refractivity contribution in [2.24, 2.45) is 11.8 Å². The molecule has 0 aliphatic carbocycles. The summed E-state index contributed by atoms with van der Waals surface area (Å²) in [6, 6.07) is 19.5. The topological polar surface area (TPSA) is 66.4 Å². The van der Waals surface area contributed by atoms with Crippen molar-refractivity contribution in [3.63, 3.8) is 0 Å². The van der Waals surface area contributed by atoms with Crippen molar-refractivity contribution < 1.29 is 9.59 Å². The van der Waals surface area contributed by atoms with Crippen molar-refractivity contribution in [3.8, 4) is 58.8 Å². The number of carbonyl (C=O) groups is 2. The maximum absolute atomic E-state index is 16.6. The summed E-state index contributed by atoms with van der Waals surface area (Å²) >= 11 is 15.1. The van der Waals surface area contributed by atoms with E-state index < -0.39 is 0 Å².